The summed E-state index contributed by atoms with van der Waals surface area (Å²) in [7, 11) is 0. The molecule has 2 aromatic heterocycles. The molecule has 2 aliphatic heterocycles. The zero-order valence-electron chi connectivity index (χ0n) is 13.7. The summed E-state index contributed by atoms with van der Waals surface area (Å²) in [6.45, 7) is 3.90. The van der Waals surface area contributed by atoms with Gasteiger partial charge in [0.05, 0.1) is 5.56 Å². The topological polar surface area (TPSA) is 69.2 Å². The van der Waals surface area contributed by atoms with Crippen LogP contribution in [-0.4, -0.2) is 36.1 Å². The van der Waals surface area contributed by atoms with Crippen molar-refractivity contribution in [1.29, 1.82) is 5.26 Å². The number of pyridine rings is 1. The van der Waals surface area contributed by atoms with Gasteiger partial charge in [-0.15, -0.1) is 0 Å². The first kappa shape index (κ1) is 14.3. The summed E-state index contributed by atoms with van der Waals surface area (Å²) >= 11 is 0. The maximum Gasteiger partial charge on any atom is 0.298 e. The van der Waals surface area contributed by atoms with Crippen molar-refractivity contribution in [2.45, 2.75) is 0 Å². The normalized spacial score (nSPS) is 22.4. The molecule has 0 N–H and O–H groups in total. The minimum Gasteiger partial charge on any atom is -0.423 e. The number of oxazole rings is 1. The van der Waals surface area contributed by atoms with Gasteiger partial charge in [0.25, 0.3) is 6.01 Å². The van der Waals surface area contributed by atoms with E-state index in [1.807, 2.05) is 36.4 Å². The molecule has 0 saturated carbocycles. The molecule has 0 amide bonds. The molecule has 124 valence electrons. The first-order valence-electron chi connectivity index (χ1n) is 8.52. The average molecular weight is 331 g/mol. The number of aromatic nitrogens is 2. The van der Waals surface area contributed by atoms with Crippen LogP contribution in [0.4, 0.5) is 11.8 Å². The summed E-state index contributed by atoms with van der Waals surface area (Å²) in [6, 6.07) is 14.5. The fraction of sp³-hybridized carbons (Fsp3) is 0.316. The van der Waals surface area contributed by atoms with Crippen molar-refractivity contribution in [3.63, 3.8) is 0 Å². The molecule has 4 heterocycles. The van der Waals surface area contributed by atoms with Gasteiger partial charge in [0.15, 0.2) is 5.58 Å². The Morgan fingerprint density at radius 2 is 1.76 bits per heavy atom. The van der Waals surface area contributed by atoms with Crippen LogP contribution in [0.2, 0.25) is 0 Å². The van der Waals surface area contributed by atoms with E-state index in [9.17, 15) is 0 Å². The summed E-state index contributed by atoms with van der Waals surface area (Å²) in [5.74, 6) is 2.14. The minimum atomic E-state index is 0.590. The molecule has 0 spiro atoms. The Morgan fingerprint density at radius 1 is 1.00 bits per heavy atom. The van der Waals surface area contributed by atoms with Crippen molar-refractivity contribution in [3.8, 4) is 6.07 Å². The molecular weight excluding hydrogens is 314 g/mol. The monoisotopic (exact) mass is 331 g/mol. The molecule has 6 nitrogen and oxygen atoms in total. The van der Waals surface area contributed by atoms with Gasteiger partial charge in [-0.25, -0.2) is 4.98 Å². The van der Waals surface area contributed by atoms with Crippen molar-refractivity contribution >= 4 is 22.9 Å². The van der Waals surface area contributed by atoms with Crippen LogP contribution in [-0.2, 0) is 0 Å². The second-order valence-electron chi connectivity index (χ2n) is 6.81. The average Bonchev–Trinajstić information content (AvgIpc) is 3.33. The standard InChI is InChI=1S/C19H17N5O/c20-7-13-5-6-18(21-8-13)23-9-14-11-24(12-15(14)10-23)19-22-16-3-1-2-4-17(16)25-19/h1-6,8,14-15H,9-12H2. The van der Waals surface area contributed by atoms with Gasteiger partial charge in [0.1, 0.15) is 17.4 Å². The lowest BCUT2D eigenvalue weighted by molar-refractivity contribution is 0.533. The predicted molar refractivity (Wildman–Crippen MR) is 94.4 cm³/mol. The van der Waals surface area contributed by atoms with Crippen LogP contribution < -0.4 is 9.80 Å². The highest BCUT2D eigenvalue weighted by atomic mass is 16.4. The SMILES string of the molecule is N#Cc1ccc(N2CC3CN(c4nc5ccccc5o4)CC3C2)nc1. The van der Waals surface area contributed by atoms with E-state index in [0.29, 0.717) is 17.4 Å². The Bertz CT molecular complexity index is 911. The van der Waals surface area contributed by atoms with Crippen LogP contribution in [0.25, 0.3) is 11.1 Å². The van der Waals surface area contributed by atoms with Gasteiger partial charge in [-0.1, -0.05) is 12.1 Å². The largest absolute Gasteiger partial charge is 0.423 e. The second kappa shape index (κ2) is 5.49. The van der Waals surface area contributed by atoms with Crippen LogP contribution in [0, 0.1) is 23.2 Å². The van der Waals surface area contributed by atoms with E-state index in [1.165, 1.54) is 0 Å². The molecule has 0 bridgehead atoms. The summed E-state index contributed by atoms with van der Waals surface area (Å²) in [5.41, 5.74) is 2.36. The van der Waals surface area contributed by atoms with Gasteiger partial charge in [-0.2, -0.15) is 10.2 Å². The number of anilines is 2. The zero-order valence-corrected chi connectivity index (χ0v) is 13.7. The predicted octanol–water partition coefficient (Wildman–Crippen LogP) is 2.67. The van der Waals surface area contributed by atoms with E-state index in [1.54, 1.807) is 6.20 Å². The number of nitriles is 1. The third-order valence-electron chi connectivity index (χ3n) is 5.24. The Kier molecular flexibility index (Phi) is 3.14. The van der Waals surface area contributed by atoms with Crippen LogP contribution in [0.3, 0.4) is 0 Å². The van der Waals surface area contributed by atoms with E-state index in [2.05, 4.69) is 25.8 Å². The van der Waals surface area contributed by atoms with Gasteiger partial charge >= 0.3 is 0 Å². The highest BCUT2D eigenvalue weighted by molar-refractivity contribution is 5.74. The number of nitrogens with zero attached hydrogens (tertiary/aromatic N) is 5. The molecule has 0 aliphatic carbocycles. The lowest BCUT2D eigenvalue weighted by Gasteiger charge is -2.21. The quantitative estimate of drug-likeness (QED) is 0.719. The van der Waals surface area contributed by atoms with Crippen molar-refractivity contribution in [2.75, 3.05) is 36.0 Å². The lowest BCUT2D eigenvalue weighted by atomic mass is 10.0. The highest BCUT2D eigenvalue weighted by Gasteiger charge is 2.41. The Hall–Kier alpha value is -3.07. The van der Waals surface area contributed by atoms with Crippen LogP contribution in [0.5, 0.6) is 0 Å². The van der Waals surface area contributed by atoms with Crippen molar-refractivity contribution < 1.29 is 4.42 Å². The van der Waals surface area contributed by atoms with Crippen LogP contribution in [0.1, 0.15) is 5.56 Å². The summed E-state index contributed by atoms with van der Waals surface area (Å²) < 4.78 is 5.91. The molecule has 2 atom stereocenters. The smallest absolute Gasteiger partial charge is 0.298 e. The highest BCUT2D eigenvalue weighted by Crippen LogP contribution is 2.36. The molecule has 0 radical (unpaired) electrons. The molecule has 2 unspecified atom stereocenters. The van der Waals surface area contributed by atoms with Gasteiger partial charge in [-0.3, -0.25) is 0 Å². The van der Waals surface area contributed by atoms with Gasteiger partial charge in [0, 0.05) is 44.2 Å². The molecular formula is C19H17N5O. The molecule has 1 aromatic carbocycles. The lowest BCUT2D eigenvalue weighted by Crippen LogP contribution is -2.29. The summed E-state index contributed by atoms with van der Waals surface area (Å²) in [5, 5.41) is 8.89. The maximum atomic E-state index is 8.89. The zero-order chi connectivity index (χ0) is 16.8. The van der Waals surface area contributed by atoms with Crippen molar-refractivity contribution in [2.24, 2.45) is 11.8 Å². The molecule has 2 aliphatic rings. The third kappa shape index (κ3) is 2.40. The number of benzene rings is 1. The Labute approximate surface area is 145 Å². The molecule has 6 heteroatoms. The van der Waals surface area contributed by atoms with E-state index in [4.69, 9.17) is 9.68 Å². The molecule has 2 fully saturated rings. The Balaban J connectivity index is 1.30. The fourth-order valence-corrected chi connectivity index (χ4v) is 3.97. The number of fused-ring (bicyclic) bond motifs is 2. The number of rotatable bonds is 2. The molecule has 2 saturated heterocycles. The fourth-order valence-electron chi connectivity index (χ4n) is 3.97. The van der Waals surface area contributed by atoms with Crippen molar-refractivity contribution in [1.82, 2.24) is 9.97 Å². The minimum absolute atomic E-state index is 0.590. The molecule has 5 rings (SSSR count). The number of hydrogen-bond acceptors (Lipinski definition) is 6. The number of para-hydroxylation sites is 2. The summed E-state index contributed by atoms with van der Waals surface area (Å²) in [4.78, 5) is 13.6. The van der Waals surface area contributed by atoms with E-state index < -0.39 is 0 Å². The number of hydrogen-bond donors (Lipinski definition) is 0. The van der Waals surface area contributed by atoms with Gasteiger partial charge in [0.2, 0.25) is 0 Å². The van der Waals surface area contributed by atoms with E-state index in [0.717, 1.165) is 49.1 Å². The first-order chi connectivity index (χ1) is 12.3. The molecule has 25 heavy (non-hydrogen) atoms. The van der Waals surface area contributed by atoms with Crippen LogP contribution >= 0.6 is 0 Å². The Morgan fingerprint density at radius 3 is 2.44 bits per heavy atom. The third-order valence-corrected chi connectivity index (χ3v) is 5.24. The van der Waals surface area contributed by atoms with Crippen LogP contribution in [0.15, 0.2) is 47.0 Å². The molecule has 3 aromatic rings. The van der Waals surface area contributed by atoms with E-state index in [-0.39, 0.29) is 0 Å². The van der Waals surface area contributed by atoms with Gasteiger partial charge < -0.3 is 14.2 Å². The van der Waals surface area contributed by atoms with Crippen molar-refractivity contribution in [3.05, 3.63) is 48.2 Å². The summed E-state index contributed by atoms with van der Waals surface area (Å²) in [6.07, 6.45) is 1.65. The maximum absolute atomic E-state index is 8.89. The second-order valence-corrected chi connectivity index (χ2v) is 6.81. The van der Waals surface area contributed by atoms with Gasteiger partial charge in [-0.05, 0) is 24.3 Å². The first-order valence-corrected chi connectivity index (χ1v) is 8.52. The van der Waals surface area contributed by atoms with E-state index >= 15 is 0 Å².